The minimum absolute atomic E-state index is 0.345. The van der Waals surface area contributed by atoms with Crippen LogP contribution < -0.4 is 0 Å². The summed E-state index contributed by atoms with van der Waals surface area (Å²) in [5, 5.41) is 2.62. The van der Waals surface area contributed by atoms with E-state index in [9.17, 15) is 4.79 Å². The van der Waals surface area contributed by atoms with Gasteiger partial charge in [-0.2, -0.15) is 0 Å². The van der Waals surface area contributed by atoms with Crippen LogP contribution in [0.2, 0.25) is 0 Å². The zero-order valence-corrected chi connectivity index (χ0v) is 10.7. The molecule has 1 aromatic heterocycles. The molecule has 3 rings (SSSR count). The molecule has 0 spiro atoms. The number of carbonyl (C=O) groups excluding carboxylic acids is 1. The topological polar surface area (TPSA) is 39.2 Å². The Labute approximate surface area is 108 Å². The normalized spacial score (nSPS) is 10.9. The molecule has 3 nitrogen and oxygen atoms in total. The summed E-state index contributed by atoms with van der Waals surface area (Å²) in [5.74, 6) is -0.345. The van der Waals surface area contributed by atoms with Gasteiger partial charge in [0.2, 0.25) is 5.01 Å². The van der Waals surface area contributed by atoms with Crippen molar-refractivity contribution >= 4 is 38.3 Å². The summed E-state index contributed by atoms with van der Waals surface area (Å²) in [7, 11) is 0. The Kier molecular flexibility index (Phi) is 2.72. The summed E-state index contributed by atoms with van der Waals surface area (Å²) in [6.07, 6.45) is 0. The molecule has 0 aliphatic rings. The highest BCUT2D eigenvalue weighted by Crippen LogP contribution is 2.29. The van der Waals surface area contributed by atoms with Gasteiger partial charge < -0.3 is 4.74 Å². The number of hydrogen-bond acceptors (Lipinski definition) is 4. The first-order chi connectivity index (χ1) is 8.79. The summed E-state index contributed by atoms with van der Waals surface area (Å²) in [6, 6.07) is 12.1. The Morgan fingerprint density at radius 3 is 2.94 bits per heavy atom. The number of esters is 1. The molecule has 0 N–H and O–H groups in total. The standard InChI is InChI=1S/C14H11NO2S/c1-2-17-14(16)13-15-12-10-6-4-3-5-9(10)7-8-11(12)18-13/h3-8H,2H2,1H3. The van der Waals surface area contributed by atoms with Crippen molar-refractivity contribution in [3.05, 3.63) is 41.4 Å². The molecule has 0 bridgehead atoms. The van der Waals surface area contributed by atoms with Crippen LogP contribution >= 0.6 is 11.3 Å². The minimum atomic E-state index is -0.345. The molecule has 0 unspecified atom stereocenters. The fourth-order valence-electron chi connectivity index (χ4n) is 1.94. The number of thiazole rings is 1. The number of rotatable bonds is 2. The van der Waals surface area contributed by atoms with E-state index < -0.39 is 0 Å². The zero-order chi connectivity index (χ0) is 12.5. The lowest BCUT2D eigenvalue weighted by Crippen LogP contribution is -2.03. The number of nitrogens with zero attached hydrogens (tertiary/aromatic N) is 1. The van der Waals surface area contributed by atoms with E-state index in [4.69, 9.17) is 4.74 Å². The van der Waals surface area contributed by atoms with Gasteiger partial charge in [-0.15, -0.1) is 11.3 Å². The van der Waals surface area contributed by atoms with Gasteiger partial charge in [0.15, 0.2) is 0 Å². The quantitative estimate of drug-likeness (QED) is 0.658. The van der Waals surface area contributed by atoms with E-state index in [1.165, 1.54) is 11.3 Å². The lowest BCUT2D eigenvalue weighted by molar-refractivity contribution is 0.0526. The van der Waals surface area contributed by atoms with Gasteiger partial charge in [-0.05, 0) is 18.4 Å². The fraction of sp³-hybridized carbons (Fsp3) is 0.143. The van der Waals surface area contributed by atoms with Crippen LogP contribution in [-0.2, 0) is 4.74 Å². The average Bonchev–Trinajstić information content (AvgIpc) is 2.83. The second kappa shape index (κ2) is 4.38. The van der Waals surface area contributed by atoms with Crippen LogP contribution in [0, 0.1) is 0 Å². The Bertz CT molecular complexity index is 733. The smallest absolute Gasteiger partial charge is 0.367 e. The molecular weight excluding hydrogens is 246 g/mol. The van der Waals surface area contributed by atoms with Crippen molar-refractivity contribution in [1.82, 2.24) is 4.98 Å². The first-order valence-electron chi connectivity index (χ1n) is 5.75. The van der Waals surface area contributed by atoms with E-state index in [0.717, 1.165) is 21.0 Å². The van der Waals surface area contributed by atoms with Crippen molar-refractivity contribution in [2.24, 2.45) is 0 Å². The van der Waals surface area contributed by atoms with E-state index in [-0.39, 0.29) is 5.97 Å². The van der Waals surface area contributed by atoms with E-state index >= 15 is 0 Å². The number of benzene rings is 2. The van der Waals surface area contributed by atoms with Crippen LogP contribution in [0.25, 0.3) is 21.0 Å². The van der Waals surface area contributed by atoms with Crippen LogP contribution in [0.1, 0.15) is 16.7 Å². The third-order valence-electron chi connectivity index (χ3n) is 2.73. The molecule has 4 heteroatoms. The average molecular weight is 257 g/mol. The molecule has 0 radical (unpaired) electrons. The predicted molar refractivity (Wildman–Crippen MR) is 73.1 cm³/mol. The van der Waals surface area contributed by atoms with Crippen LogP contribution in [0.15, 0.2) is 36.4 Å². The second-order valence-electron chi connectivity index (χ2n) is 3.87. The number of hydrogen-bond donors (Lipinski definition) is 0. The Balaban J connectivity index is 2.22. The second-order valence-corrected chi connectivity index (χ2v) is 4.90. The molecule has 0 fully saturated rings. The molecule has 18 heavy (non-hydrogen) atoms. The van der Waals surface area contributed by atoms with Crippen molar-refractivity contribution in [2.75, 3.05) is 6.61 Å². The number of carbonyl (C=O) groups is 1. The maximum absolute atomic E-state index is 11.7. The van der Waals surface area contributed by atoms with Crippen LogP contribution in [0.4, 0.5) is 0 Å². The molecule has 0 amide bonds. The molecule has 0 aliphatic heterocycles. The highest BCUT2D eigenvalue weighted by Gasteiger charge is 2.14. The molecule has 0 saturated carbocycles. The van der Waals surface area contributed by atoms with Gasteiger partial charge in [0.05, 0.1) is 16.8 Å². The summed E-state index contributed by atoms with van der Waals surface area (Å²) in [4.78, 5) is 16.1. The third kappa shape index (κ3) is 1.75. The lowest BCUT2D eigenvalue weighted by atomic mass is 10.1. The SMILES string of the molecule is CCOC(=O)c1nc2c(ccc3ccccc32)s1. The lowest BCUT2D eigenvalue weighted by Gasteiger charge is -1.96. The first kappa shape index (κ1) is 11.2. The first-order valence-corrected chi connectivity index (χ1v) is 6.56. The molecule has 2 aromatic carbocycles. The highest BCUT2D eigenvalue weighted by atomic mass is 32.1. The monoisotopic (exact) mass is 257 g/mol. The van der Waals surface area contributed by atoms with Gasteiger partial charge in [0, 0.05) is 5.39 Å². The molecular formula is C14H11NO2S. The van der Waals surface area contributed by atoms with Gasteiger partial charge in [-0.1, -0.05) is 30.3 Å². The van der Waals surface area contributed by atoms with Crippen molar-refractivity contribution in [1.29, 1.82) is 0 Å². The van der Waals surface area contributed by atoms with Gasteiger partial charge in [0.1, 0.15) is 0 Å². The number of fused-ring (bicyclic) bond motifs is 3. The largest absolute Gasteiger partial charge is 0.461 e. The summed E-state index contributed by atoms with van der Waals surface area (Å²) >= 11 is 1.37. The third-order valence-corrected chi connectivity index (χ3v) is 3.73. The summed E-state index contributed by atoms with van der Waals surface area (Å²) in [6.45, 7) is 2.16. The van der Waals surface area contributed by atoms with Crippen molar-refractivity contribution in [3.8, 4) is 0 Å². The van der Waals surface area contributed by atoms with E-state index in [1.54, 1.807) is 6.92 Å². The Hall–Kier alpha value is -1.94. The highest BCUT2D eigenvalue weighted by molar-refractivity contribution is 7.20. The van der Waals surface area contributed by atoms with Crippen LogP contribution in [0.5, 0.6) is 0 Å². The van der Waals surface area contributed by atoms with Gasteiger partial charge in [0.25, 0.3) is 0 Å². The van der Waals surface area contributed by atoms with Crippen molar-refractivity contribution in [2.45, 2.75) is 6.92 Å². The maximum atomic E-state index is 11.7. The molecule has 0 saturated heterocycles. The fourth-order valence-corrected chi connectivity index (χ4v) is 2.82. The number of ether oxygens (including phenoxy) is 1. The molecule has 0 aliphatic carbocycles. The summed E-state index contributed by atoms with van der Waals surface area (Å²) < 4.78 is 5.99. The van der Waals surface area contributed by atoms with Gasteiger partial charge in [-0.3, -0.25) is 0 Å². The van der Waals surface area contributed by atoms with Gasteiger partial charge in [-0.25, -0.2) is 9.78 Å². The number of aromatic nitrogens is 1. The summed E-state index contributed by atoms with van der Waals surface area (Å²) in [5.41, 5.74) is 0.876. The molecule has 90 valence electrons. The van der Waals surface area contributed by atoms with Gasteiger partial charge >= 0.3 is 5.97 Å². The van der Waals surface area contributed by atoms with E-state index in [1.807, 2.05) is 36.4 Å². The Morgan fingerprint density at radius 2 is 2.11 bits per heavy atom. The van der Waals surface area contributed by atoms with Crippen molar-refractivity contribution < 1.29 is 9.53 Å². The predicted octanol–water partition coefficient (Wildman–Crippen LogP) is 3.63. The van der Waals surface area contributed by atoms with Crippen LogP contribution in [0.3, 0.4) is 0 Å². The molecule has 3 aromatic rings. The molecule has 0 atom stereocenters. The van der Waals surface area contributed by atoms with Crippen LogP contribution in [-0.4, -0.2) is 17.6 Å². The van der Waals surface area contributed by atoms with E-state index in [2.05, 4.69) is 4.98 Å². The maximum Gasteiger partial charge on any atom is 0.367 e. The zero-order valence-electron chi connectivity index (χ0n) is 9.84. The van der Waals surface area contributed by atoms with E-state index in [0.29, 0.717) is 11.6 Å². The molecule has 1 heterocycles. The Morgan fingerprint density at radius 1 is 1.28 bits per heavy atom. The van der Waals surface area contributed by atoms with Crippen molar-refractivity contribution in [3.63, 3.8) is 0 Å². The minimum Gasteiger partial charge on any atom is -0.461 e.